The maximum atomic E-state index is 11.7. The summed E-state index contributed by atoms with van der Waals surface area (Å²) < 4.78 is 0. The lowest BCUT2D eigenvalue weighted by molar-refractivity contribution is -0.122. The van der Waals surface area contributed by atoms with E-state index in [-0.39, 0.29) is 23.8 Å². The Balaban J connectivity index is 1.93. The van der Waals surface area contributed by atoms with E-state index >= 15 is 0 Å². The molecule has 96 valence electrons. The molecule has 3 heterocycles. The Morgan fingerprint density at radius 1 is 1.50 bits per heavy atom. The van der Waals surface area contributed by atoms with Gasteiger partial charge in [0.1, 0.15) is 11.0 Å². The average molecular weight is 268 g/mol. The molecule has 0 radical (unpaired) electrons. The number of carbonyl (C=O) groups excluding carboxylic acids is 1. The van der Waals surface area contributed by atoms with E-state index in [0.717, 1.165) is 19.4 Å². The third-order valence-corrected chi connectivity index (χ3v) is 3.79. The van der Waals surface area contributed by atoms with Gasteiger partial charge in [-0.25, -0.2) is 4.98 Å². The highest BCUT2D eigenvalue weighted by molar-refractivity contribution is 6.29. The summed E-state index contributed by atoms with van der Waals surface area (Å²) in [4.78, 5) is 21.9. The fraction of sp³-hybridized carbons (Fsp3) is 0.545. The molecule has 1 aromatic rings. The molecule has 0 bridgehead atoms. The molecule has 2 atom stereocenters. The Morgan fingerprint density at radius 3 is 3.11 bits per heavy atom. The standard InChI is InChI=1S/C11H14ClN5O/c12-8-4-9(16-11(13)15-8)17-3-1-2-6-7(17)5-14-10(6)18/h4,6-7H,1-3,5H2,(H,14,18)(H2,13,15,16). The number of amides is 1. The smallest absolute Gasteiger partial charge is 0.225 e. The molecule has 18 heavy (non-hydrogen) atoms. The van der Waals surface area contributed by atoms with E-state index in [1.807, 2.05) is 0 Å². The minimum absolute atomic E-state index is 0.0497. The number of aromatic nitrogens is 2. The molecule has 1 aromatic heterocycles. The van der Waals surface area contributed by atoms with Crippen molar-refractivity contribution in [3.63, 3.8) is 0 Å². The number of nitrogens with two attached hydrogens (primary N) is 1. The first-order chi connectivity index (χ1) is 8.65. The molecule has 0 aromatic carbocycles. The Kier molecular flexibility index (Phi) is 2.74. The fourth-order valence-electron chi connectivity index (χ4n) is 2.81. The second kappa shape index (κ2) is 4.28. The van der Waals surface area contributed by atoms with Gasteiger partial charge in [-0.05, 0) is 12.8 Å². The van der Waals surface area contributed by atoms with Crippen molar-refractivity contribution in [2.24, 2.45) is 5.92 Å². The number of anilines is 2. The fourth-order valence-corrected chi connectivity index (χ4v) is 2.99. The molecule has 2 saturated heterocycles. The Bertz CT molecular complexity index is 474. The summed E-state index contributed by atoms with van der Waals surface area (Å²) in [7, 11) is 0. The summed E-state index contributed by atoms with van der Waals surface area (Å²) in [5.41, 5.74) is 5.61. The number of hydrogen-bond acceptors (Lipinski definition) is 5. The topological polar surface area (TPSA) is 84.1 Å². The summed E-state index contributed by atoms with van der Waals surface area (Å²) in [6.45, 7) is 1.52. The number of nitrogens with zero attached hydrogens (tertiary/aromatic N) is 3. The van der Waals surface area contributed by atoms with Gasteiger partial charge in [0.2, 0.25) is 11.9 Å². The lowest BCUT2D eigenvalue weighted by atomic mass is 9.91. The summed E-state index contributed by atoms with van der Waals surface area (Å²) in [6.07, 6.45) is 1.90. The van der Waals surface area contributed by atoms with E-state index < -0.39 is 0 Å². The monoisotopic (exact) mass is 267 g/mol. The van der Waals surface area contributed by atoms with E-state index in [0.29, 0.717) is 17.5 Å². The predicted octanol–water partition coefficient (Wildman–Crippen LogP) is 0.427. The number of halogens is 1. The van der Waals surface area contributed by atoms with Crippen LogP contribution < -0.4 is 16.0 Å². The summed E-state index contributed by atoms with van der Waals surface area (Å²) in [5, 5.41) is 3.23. The Morgan fingerprint density at radius 2 is 2.33 bits per heavy atom. The SMILES string of the molecule is Nc1nc(Cl)cc(N2CCCC3C(=O)NCC32)n1. The van der Waals surface area contributed by atoms with Gasteiger partial charge in [-0.1, -0.05) is 11.6 Å². The first kappa shape index (κ1) is 11.5. The molecule has 3 rings (SSSR count). The lowest BCUT2D eigenvalue weighted by Gasteiger charge is -2.36. The van der Waals surface area contributed by atoms with Crippen molar-refractivity contribution in [3.05, 3.63) is 11.2 Å². The highest BCUT2D eigenvalue weighted by atomic mass is 35.5. The van der Waals surface area contributed by atoms with Gasteiger partial charge in [0.25, 0.3) is 0 Å². The van der Waals surface area contributed by atoms with Crippen LogP contribution in [0, 0.1) is 5.92 Å². The second-order valence-corrected chi connectivity index (χ2v) is 5.05. The second-order valence-electron chi connectivity index (χ2n) is 4.66. The third-order valence-electron chi connectivity index (χ3n) is 3.59. The van der Waals surface area contributed by atoms with E-state index in [4.69, 9.17) is 17.3 Å². The third kappa shape index (κ3) is 1.86. The van der Waals surface area contributed by atoms with E-state index in [2.05, 4.69) is 20.2 Å². The van der Waals surface area contributed by atoms with Crippen molar-refractivity contribution in [3.8, 4) is 0 Å². The van der Waals surface area contributed by atoms with E-state index in [9.17, 15) is 4.79 Å². The Labute approximate surface area is 110 Å². The average Bonchev–Trinajstić information content (AvgIpc) is 2.70. The summed E-state index contributed by atoms with van der Waals surface area (Å²) in [6, 6.07) is 1.85. The molecule has 2 aliphatic rings. The number of hydrogen-bond donors (Lipinski definition) is 2. The van der Waals surface area contributed by atoms with Crippen LogP contribution >= 0.6 is 11.6 Å². The van der Waals surface area contributed by atoms with Crippen LogP contribution in [-0.2, 0) is 4.79 Å². The number of nitrogen functional groups attached to an aromatic ring is 1. The molecule has 2 aliphatic heterocycles. The highest BCUT2D eigenvalue weighted by Gasteiger charge is 2.41. The number of fused-ring (bicyclic) bond motifs is 1. The van der Waals surface area contributed by atoms with Gasteiger partial charge in [-0.3, -0.25) is 4.79 Å². The van der Waals surface area contributed by atoms with Crippen LogP contribution in [0.25, 0.3) is 0 Å². The molecule has 0 saturated carbocycles. The zero-order valence-corrected chi connectivity index (χ0v) is 10.5. The van der Waals surface area contributed by atoms with Crippen molar-refractivity contribution < 1.29 is 4.79 Å². The summed E-state index contributed by atoms with van der Waals surface area (Å²) >= 11 is 5.90. The first-order valence-electron chi connectivity index (χ1n) is 5.99. The predicted molar refractivity (Wildman–Crippen MR) is 68.3 cm³/mol. The van der Waals surface area contributed by atoms with Gasteiger partial charge < -0.3 is 16.0 Å². The van der Waals surface area contributed by atoms with Crippen LogP contribution in [0.3, 0.4) is 0 Å². The molecule has 3 N–H and O–H groups in total. The van der Waals surface area contributed by atoms with Gasteiger partial charge in [-0.2, -0.15) is 4.98 Å². The van der Waals surface area contributed by atoms with Crippen molar-refractivity contribution in [1.29, 1.82) is 0 Å². The van der Waals surface area contributed by atoms with Crippen LogP contribution in [0.5, 0.6) is 0 Å². The number of carbonyl (C=O) groups is 1. The normalized spacial score (nSPS) is 26.9. The van der Waals surface area contributed by atoms with Crippen molar-refractivity contribution in [2.75, 3.05) is 23.7 Å². The molecule has 1 amide bonds. The molecule has 2 fully saturated rings. The van der Waals surface area contributed by atoms with Crippen molar-refractivity contribution in [2.45, 2.75) is 18.9 Å². The maximum absolute atomic E-state index is 11.7. The van der Waals surface area contributed by atoms with Gasteiger partial charge in [0.05, 0.1) is 12.0 Å². The van der Waals surface area contributed by atoms with E-state index in [1.165, 1.54) is 0 Å². The zero-order chi connectivity index (χ0) is 12.7. The Hall–Kier alpha value is -1.56. The lowest BCUT2D eigenvalue weighted by Crippen LogP contribution is -2.46. The zero-order valence-electron chi connectivity index (χ0n) is 9.77. The first-order valence-corrected chi connectivity index (χ1v) is 6.37. The molecule has 7 heteroatoms. The van der Waals surface area contributed by atoms with E-state index in [1.54, 1.807) is 6.07 Å². The van der Waals surface area contributed by atoms with Crippen molar-refractivity contribution >= 4 is 29.3 Å². The minimum Gasteiger partial charge on any atom is -0.368 e. The number of rotatable bonds is 1. The maximum Gasteiger partial charge on any atom is 0.225 e. The van der Waals surface area contributed by atoms with Gasteiger partial charge in [0.15, 0.2) is 0 Å². The largest absolute Gasteiger partial charge is 0.368 e. The van der Waals surface area contributed by atoms with Crippen molar-refractivity contribution in [1.82, 2.24) is 15.3 Å². The van der Waals surface area contributed by atoms with Gasteiger partial charge in [-0.15, -0.1) is 0 Å². The molecule has 2 unspecified atom stereocenters. The van der Waals surface area contributed by atoms with Crippen LogP contribution in [0.2, 0.25) is 5.15 Å². The van der Waals surface area contributed by atoms with Crippen LogP contribution in [0.1, 0.15) is 12.8 Å². The molecular weight excluding hydrogens is 254 g/mol. The molecule has 6 nitrogen and oxygen atoms in total. The van der Waals surface area contributed by atoms with Crippen LogP contribution in [-0.4, -0.2) is 35.0 Å². The minimum atomic E-state index is 0.0497. The van der Waals surface area contributed by atoms with Gasteiger partial charge >= 0.3 is 0 Å². The highest BCUT2D eigenvalue weighted by Crippen LogP contribution is 2.31. The summed E-state index contributed by atoms with van der Waals surface area (Å²) in [5.74, 6) is 1.06. The van der Waals surface area contributed by atoms with Crippen LogP contribution in [0.4, 0.5) is 11.8 Å². The molecule has 0 aliphatic carbocycles. The number of piperidine rings is 1. The number of nitrogens with one attached hydrogen (secondary N) is 1. The quantitative estimate of drug-likeness (QED) is 0.721. The van der Waals surface area contributed by atoms with Gasteiger partial charge in [0, 0.05) is 19.2 Å². The molecular formula is C11H14ClN5O. The molecule has 0 spiro atoms. The van der Waals surface area contributed by atoms with Crippen LogP contribution in [0.15, 0.2) is 6.07 Å².